The van der Waals surface area contributed by atoms with Gasteiger partial charge in [0.05, 0.1) is 28.4 Å². The summed E-state index contributed by atoms with van der Waals surface area (Å²) in [6.45, 7) is 4.73. The number of nitrogens with zero attached hydrogens (tertiary/aromatic N) is 1. The Labute approximate surface area is 232 Å². The summed E-state index contributed by atoms with van der Waals surface area (Å²) < 4.78 is 22.3. The normalized spacial score (nSPS) is 15.8. The van der Waals surface area contributed by atoms with Crippen LogP contribution in [0, 0.1) is 0 Å². The van der Waals surface area contributed by atoms with Crippen LogP contribution in [0.4, 0.5) is 0 Å². The maximum Gasteiger partial charge on any atom is 0.242 e. The lowest BCUT2D eigenvalue weighted by Gasteiger charge is -2.42. The first-order valence-corrected chi connectivity index (χ1v) is 13.5. The van der Waals surface area contributed by atoms with Crippen LogP contribution in [0.2, 0.25) is 0 Å². The van der Waals surface area contributed by atoms with E-state index in [1.807, 2.05) is 56.3 Å². The fraction of sp³-hybridized carbons (Fsp3) is 0.406. The molecule has 3 aromatic carbocycles. The zero-order valence-electron chi connectivity index (χ0n) is 23.8. The van der Waals surface area contributed by atoms with Gasteiger partial charge in [0.1, 0.15) is 6.04 Å². The van der Waals surface area contributed by atoms with Crippen molar-refractivity contribution >= 4 is 5.91 Å². The maximum absolute atomic E-state index is 13.7. The Morgan fingerprint density at radius 3 is 2.15 bits per heavy atom. The highest BCUT2D eigenvalue weighted by Crippen LogP contribution is 2.43. The van der Waals surface area contributed by atoms with Crippen molar-refractivity contribution in [2.75, 3.05) is 35.0 Å². The van der Waals surface area contributed by atoms with Gasteiger partial charge in [0.25, 0.3) is 0 Å². The molecule has 3 aromatic rings. The van der Waals surface area contributed by atoms with Crippen LogP contribution in [0.1, 0.15) is 54.6 Å². The maximum atomic E-state index is 13.7. The van der Waals surface area contributed by atoms with Crippen molar-refractivity contribution in [2.24, 2.45) is 0 Å². The molecule has 0 spiro atoms. The number of benzene rings is 3. The zero-order chi connectivity index (χ0) is 27.9. The van der Waals surface area contributed by atoms with E-state index in [2.05, 4.69) is 28.4 Å². The highest BCUT2D eigenvalue weighted by Gasteiger charge is 2.37. The second-order valence-corrected chi connectivity index (χ2v) is 10.1. The van der Waals surface area contributed by atoms with Crippen molar-refractivity contribution < 1.29 is 23.7 Å². The summed E-state index contributed by atoms with van der Waals surface area (Å²) in [6.07, 6.45) is 2.40. The van der Waals surface area contributed by atoms with Crippen molar-refractivity contribution in [3.63, 3.8) is 0 Å². The Bertz CT molecular complexity index is 1260. The number of hydrogen-bond acceptors (Lipinski definition) is 6. The Morgan fingerprint density at radius 2 is 1.51 bits per heavy atom. The highest BCUT2D eigenvalue weighted by molar-refractivity contribution is 5.83. The second-order valence-electron chi connectivity index (χ2n) is 10.1. The first-order chi connectivity index (χ1) is 18.9. The van der Waals surface area contributed by atoms with E-state index in [9.17, 15) is 4.79 Å². The van der Waals surface area contributed by atoms with E-state index >= 15 is 0 Å². The third kappa shape index (κ3) is 6.31. The number of fused-ring (bicyclic) bond motifs is 1. The lowest BCUT2D eigenvalue weighted by atomic mass is 9.86. The lowest BCUT2D eigenvalue weighted by molar-refractivity contribution is -0.128. The molecule has 0 fully saturated rings. The number of carbonyl (C=O) groups is 1. The highest BCUT2D eigenvalue weighted by atomic mass is 16.5. The molecule has 0 aliphatic carbocycles. The first kappa shape index (κ1) is 28.3. The molecule has 7 nitrogen and oxygen atoms in total. The molecule has 0 bridgehead atoms. The Hall–Kier alpha value is -3.71. The Morgan fingerprint density at radius 1 is 0.872 bits per heavy atom. The van der Waals surface area contributed by atoms with E-state index in [0.717, 1.165) is 48.2 Å². The quantitative estimate of drug-likeness (QED) is 0.351. The van der Waals surface area contributed by atoms with E-state index < -0.39 is 6.04 Å². The molecule has 0 radical (unpaired) electrons. The Balaban J connectivity index is 1.77. The van der Waals surface area contributed by atoms with Crippen molar-refractivity contribution in [3.05, 3.63) is 82.9 Å². The van der Waals surface area contributed by atoms with Gasteiger partial charge in [-0.2, -0.15) is 0 Å². The van der Waals surface area contributed by atoms with Crippen LogP contribution in [-0.2, 0) is 17.6 Å². The molecule has 4 rings (SSSR count). The van der Waals surface area contributed by atoms with Crippen LogP contribution >= 0.6 is 0 Å². The number of methoxy groups -OCH3 is 4. The monoisotopic (exact) mass is 532 g/mol. The van der Waals surface area contributed by atoms with Gasteiger partial charge in [-0.3, -0.25) is 9.69 Å². The van der Waals surface area contributed by atoms with Crippen LogP contribution in [-0.4, -0.2) is 51.8 Å². The molecule has 208 valence electrons. The van der Waals surface area contributed by atoms with E-state index in [0.29, 0.717) is 17.2 Å². The lowest BCUT2D eigenvalue weighted by Crippen LogP contribution is -2.47. The van der Waals surface area contributed by atoms with Gasteiger partial charge in [-0.15, -0.1) is 0 Å². The van der Waals surface area contributed by atoms with Gasteiger partial charge in [0.15, 0.2) is 23.0 Å². The average Bonchev–Trinajstić information content (AvgIpc) is 2.95. The van der Waals surface area contributed by atoms with Crippen LogP contribution in [0.5, 0.6) is 23.0 Å². The number of rotatable bonds is 11. The summed E-state index contributed by atoms with van der Waals surface area (Å²) in [6, 6.07) is 19.9. The molecular formula is C32H40N2O5. The van der Waals surface area contributed by atoms with E-state index in [4.69, 9.17) is 18.9 Å². The number of amides is 1. The average molecular weight is 533 g/mol. The Kier molecular flexibility index (Phi) is 9.36. The van der Waals surface area contributed by atoms with E-state index in [1.54, 1.807) is 28.4 Å². The number of hydrogen-bond donors (Lipinski definition) is 1. The van der Waals surface area contributed by atoms with Crippen LogP contribution in [0.15, 0.2) is 60.7 Å². The molecule has 1 aliphatic heterocycles. The van der Waals surface area contributed by atoms with Crippen LogP contribution < -0.4 is 24.3 Å². The molecule has 1 heterocycles. The summed E-state index contributed by atoms with van der Waals surface area (Å²) in [5.74, 6) is 2.84. The molecule has 1 N–H and O–H groups in total. The third-order valence-electron chi connectivity index (χ3n) is 7.32. The number of ether oxygens (including phenoxy) is 4. The van der Waals surface area contributed by atoms with Crippen molar-refractivity contribution in [3.8, 4) is 23.0 Å². The standard InChI is InChI=1S/C32H40N2O5/c1-21(2)33-32(35)31(23-10-8-7-9-11-23)34-17-16-24-19-29(38-5)30(39-6)20-25(24)26(34)14-12-22-13-15-27(36-3)28(18-22)37-4/h7-11,13,15,18-21,26,31H,12,14,16-17H2,1-6H3,(H,33,35)/t26-,31+/m0/s1. The summed E-state index contributed by atoms with van der Waals surface area (Å²) >= 11 is 0. The van der Waals surface area contributed by atoms with Gasteiger partial charge in [0.2, 0.25) is 5.91 Å². The van der Waals surface area contributed by atoms with E-state index in [1.165, 1.54) is 5.56 Å². The number of nitrogens with one attached hydrogen (secondary N) is 1. The third-order valence-corrected chi connectivity index (χ3v) is 7.32. The molecule has 0 saturated heterocycles. The second kappa shape index (κ2) is 12.9. The molecule has 0 saturated carbocycles. The van der Waals surface area contributed by atoms with Gasteiger partial charge >= 0.3 is 0 Å². The minimum absolute atomic E-state index is 0.0104. The minimum atomic E-state index is -0.426. The largest absolute Gasteiger partial charge is 0.493 e. The van der Waals surface area contributed by atoms with Crippen molar-refractivity contribution in [1.82, 2.24) is 10.2 Å². The van der Waals surface area contributed by atoms with Crippen molar-refractivity contribution in [1.29, 1.82) is 0 Å². The van der Waals surface area contributed by atoms with Gasteiger partial charge in [-0.25, -0.2) is 0 Å². The van der Waals surface area contributed by atoms with Crippen LogP contribution in [0.3, 0.4) is 0 Å². The first-order valence-electron chi connectivity index (χ1n) is 13.5. The number of aryl methyl sites for hydroxylation is 1. The SMILES string of the molecule is COc1ccc(CC[C@H]2c3cc(OC)c(OC)cc3CCN2[C@@H](C(=O)NC(C)C)c2ccccc2)cc1OC. The molecule has 1 aliphatic rings. The molecule has 7 heteroatoms. The summed E-state index contributed by atoms with van der Waals surface area (Å²) in [7, 11) is 6.61. The smallest absolute Gasteiger partial charge is 0.242 e. The van der Waals surface area contributed by atoms with Crippen molar-refractivity contribution in [2.45, 2.75) is 51.2 Å². The minimum Gasteiger partial charge on any atom is -0.493 e. The molecule has 0 aromatic heterocycles. The predicted octanol–water partition coefficient (Wildman–Crippen LogP) is 5.52. The van der Waals surface area contributed by atoms with Crippen LogP contribution in [0.25, 0.3) is 0 Å². The zero-order valence-corrected chi connectivity index (χ0v) is 23.8. The molecule has 39 heavy (non-hydrogen) atoms. The van der Waals surface area contributed by atoms with Gasteiger partial charge < -0.3 is 24.3 Å². The summed E-state index contributed by atoms with van der Waals surface area (Å²) in [5.41, 5.74) is 4.51. The molecular weight excluding hydrogens is 492 g/mol. The molecule has 2 atom stereocenters. The van der Waals surface area contributed by atoms with E-state index in [-0.39, 0.29) is 18.0 Å². The van der Waals surface area contributed by atoms with Gasteiger partial charge in [-0.05, 0) is 79.6 Å². The molecule has 1 amide bonds. The van der Waals surface area contributed by atoms with Gasteiger partial charge in [-0.1, -0.05) is 36.4 Å². The summed E-state index contributed by atoms with van der Waals surface area (Å²) in [5, 5.41) is 3.17. The fourth-order valence-corrected chi connectivity index (χ4v) is 5.51. The number of carbonyl (C=O) groups excluding carboxylic acids is 1. The topological polar surface area (TPSA) is 69.3 Å². The molecule has 0 unspecified atom stereocenters. The predicted molar refractivity (Wildman–Crippen MR) is 153 cm³/mol. The fourth-order valence-electron chi connectivity index (χ4n) is 5.51. The van der Waals surface area contributed by atoms with Gasteiger partial charge in [0, 0.05) is 18.6 Å². The summed E-state index contributed by atoms with van der Waals surface area (Å²) in [4.78, 5) is 16.1.